The zero-order valence-electron chi connectivity index (χ0n) is 14.5. The van der Waals surface area contributed by atoms with Crippen LogP contribution < -0.4 is 10.6 Å². The van der Waals surface area contributed by atoms with Gasteiger partial charge < -0.3 is 10.6 Å². The molecule has 2 aromatic heterocycles. The molecule has 7 heteroatoms. The Morgan fingerprint density at radius 2 is 1.96 bits per heavy atom. The molecule has 2 N–H and O–H groups in total. The Hall–Kier alpha value is -2.99. The van der Waals surface area contributed by atoms with Crippen LogP contribution in [-0.4, -0.2) is 22.4 Å². The second-order valence-corrected chi connectivity index (χ2v) is 6.27. The Labute approximate surface area is 161 Å². The van der Waals surface area contributed by atoms with Crippen LogP contribution in [0.3, 0.4) is 0 Å². The lowest BCUT2D eigenvalue weighted by molar-refractivity contribution is 0.0951. The van der Waals surface area contributed by atoms with E-state index in [0.29, 0.717) is 30.9 Å². The molecule has 3 rings (SSSR count). The lowest BCUT2D eigenvalue weighted by atomic mass is 10.1. The van der Waals surface area contributed by atoms with E-state index in [2.05, 4.69) is 20.6 Å². The van der Waals surface area contributed by atoms with E-state index in [1.807, 2.05) is 18.2 Å². The van der Waals surface area contributed by atoms with E-state index in [0.717, 1.165) is 11.1 Å². The number of rotatable bonds is 7. The van der Waals surface area contributed by atoms with Crippen molar-refractivity contribution in [2.45, 2.75) is 13.0 Å². The molecule has 0 unspecified atom stereocenters. The fourth-order valence-electron chi connectivity index (χ4n) is 2.55. The molecule has 3 aromatic rings. The fourth-order valence-corrected chi connectivity index (χ4v) is 2.70. The number of pyridine rings is 2. The average Bonchev–Trinajstić information content (AvgIpc) is 2.67. The normalized spacial score (nSPS) is 10.4. The third-order valence-corrected chi connectivity index (χ3v) is 4.09. The molecule has 0 saturated heterocycles. The monoisotopic (exact) mass is 384 g/mol. The first kappa shape index (κ1) is 18.8. The number of carbonyl (C=O) groups excluding carboxylic acids is 1. The number of halogens is 2. The predicted molar refractivity (Wildman–Crippen MR) is 103 cm³/mol. The molecule has 0 aliphatic carbocycles. The average molecular weight is 385 g/mol. The Balaban J connectivity index is 1.64. The number of nitrogens with one attached hydrogen (secondary N) is 2. The van der Waals surface area contributed by atoms with Crippen LogP contribution in [0.2, 0.25) is 5.15 Å². The maximum Gasteiger partial charge on any atom is 0.255 e. The lowest BCUT2D eigenvalue weighted by Crippen LogP contribution is -2.24. The molecule has 0 atom stereocenters. The summed E-state index contributed by atoms with van der Waals surface area (Å²) < 4.78 is 13.3. The van der Waals surface area contributed by atoms with E-state index >= 15 is 0 Å². The minimum atomic E-state index is -0.274. The van der Waals surface area contributed by atoms with E-state index in [1.54, 1.807) is 30.6 Å². The zero-order valence-corrected chi connectivity index (χ0v) is 15.2. The molecule has 0 bridgehead atoms. The second kappa shape index (κ2) is 9.09. The van der Waals surface area contributed by atoms with Gasteiger partial charge in [0, 0.05) is 25.5 Å². The highest BCUT2D eigenvalue weighted by Gasteiger charge is 2.13. The Bertz CT molecular complexity index is 921. The molecule has 0 aliphatic heterocycles. The standard InChI is InChI=1S/C20H18ClFN4O/c21-18-7-6-17(20(27)25-13-15-4-2-9-23-12-15)19(26-18)24-10-8-14-3-1-5-16(22)11-14/h1-7,9,11-12H,8,10,13H2,(H,24,26)(H,25,27). The van der Waals surface area contributed by atoms with E-state index in [9.17, 15) is 9.18 Å². The molecule has 0 radical (unpaired) electrons. The molecular weight excluding hydrogens is 367 g/mol. The van der Waals surface area contributed by atoms with Crippen molar-refractivity contribution in [3.63, 3.8) is 0 Å². The van der Waals surface area contributed by atoms with Gasteiger partial charge in [-0.25, -0.2) is 9.37 Å². The number of hydrogen-bond acceptors (Lipinski definition) is 4. The lowest BCUT2D eigenvalue weighted by Gasteiger charge is -2.12. The van der Waals surface area contributed by atoms with Gasteiger partial charge in [0.2, 0.25) is 0 Å². The smallest absolute Gasteiger partial charge is 0.255 e. The van der Waals surface area contributed by atoms with Gasteiger partial charge in [-0.05, 0) is 47.9 Å². The number of nitrogens with zero attached hydrogens (tertiary/aromatic N) is 2. The summed E-state index contributed by atoms with van der Waals surface area (Å²) in [6.45, 7) is 0.845. The van der Waals surface area contributed by atoms with Crippen LogP contribution in [0.1, 0.15) is 21.5 Å². The summed E-state index contributed by atoms with van der Waals surface area (Å²) in [4.78, 5) is 20.7. The van der Waals surface area contributed by atoms with Gasteiger partial charge in [0.05, 0.1) is 5.56 Å². The van der Waals surface area contributed by atoms with E-state index in [4.69, 9.17) is 11.6 Å². The summed E-state index contributed by atoms with van der Waals surface area (Å²) in [5, 5.41) is 6.23. The Morgan fingerprint density at radius 3 is 2.74 bits per heavy atom. The molecule has 0 saturated carbocycles. The van der Waals surface area contributed by atoms with Crippen molar-refractivity contribution in [2.24, 2.45) is 0 Å². The summed E-state index contributed by atoms with van der Waals surface area (Å²) >= 11 is 5.97. The molecular formula is C20H18ClFN4O. The van der Waals surface area contributed by atoms with Gasteiger partial charge in [0.1, 0.15) is 16.8 Å². The van der Waals surface area contributed by atoms with Crippen LogP contribution in [0.4, 0.5) is 10.2 Å². The van der Waals surface area contributed by atoms with Crippen LogP contribution in [0.5, 0.6) is 0 Å². The predicted octanol–water partition coefficient (Wildman–Crippen LogP) is 3.85. The van der Waals surface area contributed by atoms with Gasteiger partial charge in [-0.15, -0.1) is 0 Å². The third-order valence-electron chi connectivity index (χ3n) is 3.88. The second-order valence-electron chi connectivity index (χ2n) is 5.88. The minimum absolute atomic E-state index is 0.267. The highest BCUT2D eigenvalue weighted by molar-refractivity contribution is 6.29. The van der Waals surface area contributed by atoms with Gasteiger partial charge in [-0.2, -0.15) is 0 Å². The van der Waals surface area contributed by atoms with Crippen LogP contribution in [-0.2, 0) is 13.0 Å². The number of anilines is 1. The van der Waals surface area contributed by atoms with Crippen molar-refractivity contribution in [3.05, 3.63) is 88.6 Å². The highest BCUT2D eigenvalue weighted by atomic mass is 35.5. The molecule has 0 fully saturated rings. The summed E-state index contributed by atoms with van der Waals surface area (Å²) in [5.74, 6) is -0.150. The van der Waals surface area contributed by atoms with E-state index in [1.165, 1.54) is 12.1 Å². The highest BCUT2D eigenvalue weighted by Crippen LogP contribution is 2.17. The quantitative estimate of drug-likeness (QED) is 0.607. The van der Waals surface area contributed by atoms with Crippen molar-refractivity contribution in [3.8, 4) is 0 Å². The number of amides is 1. The van der Waals surface area contributed by atoms with E-state index in [-0.39, 0.29) is 16.9 Å². The topological polar surface area (TPSA) is 66.9 Å². The van der Waals surface area contributed by atoms with Gasteiger partial charge in [-0.1, -0.05) is 29.8 Å². The largest absolute Gasteiger partial charge is 0.369 e. The molecule has 2 heterocycles. The molecule has 5 nitrogen and oxygen atoms in total. The Kier molecular flexibility index (Phi) is 6.33. The first-order valence-corrected chi connectivity index (χ1v) is 8.81. The van der Waals surface area contributed by atoms with Crippen molar-refractivity contribution >= 4 is 23.3 Å². The van der Waals surface area contributed by atoms with Crippen molar-refractivity contribution in [1.82, 2.24) is 15.3 Å². The van der Waals surface area contributed by atoms with Crippen molar-refractivity contribution in [2.75, 3.05) is 11.9 Å². The first-order valence-electron chi connectivity index (χ1n) is 8.44. The number of benzene rings is 1. The third kappa shape index (κ3) is 5.49. The summed E-state index contributed by atoms with van der Waals surface area (Å²) in [7, 11) is 0. The molecule has 1 aromatic carbocycles. The Morgan fingerprint density at radius 1 is 1.11 bits per heavy atom. The molecule has 138 valence electrons. The van der Waals surface area contributed by atoms with Gasteiger partial charge in [0.25, 0.3) is 5.91 Å². The number of aromatic nitrogens is 2. The van der Waals surface area contributed by atoms with Crippen LogP contribution in [0.15, 0.2) is 60.9 Å². The first-order chi connectivity index (χ1) is 13.1. The summed E-state index contributed by atoms with van der Waals surface area (Å²) in [6, 6.07) is 13.3. The van der Waals surface area contributed by atoms with Crippen molar-refractivity contribution < 1.29 is 9.18 Å². The van der Waals surface area contributed by atoms with Crippen LogP contribution in [0.25, 0.3) is 0 Å². The molecule has 0 aliphatic rings. The van der Waals surface area contributed by atoms with Crippen LogP contribution >= 0.6 is 11.6 Å². The molecule has 0 spiro atoms. The van der Waals surface area contributed by atoms with Crippen LogP contribution in [0, 0.1) is 5.82 Å². The fraction of sp³-hybridized carbons (Fsp3) is 0.150. The zero-order chi connectivity index (χ0) is 19.1. The molecule has 27 heavy (non-hydrogen) atoms. The number of carbonyl (C=O) groups is 1. The van der Waals surface area contributed by atoms with Gasteiger partial charge in [-0.3, -0.25) is 9.78 Å². The van der Waals surface area contributed by atoms with Gasteiger partial charge in [0.15, 0.2) is 0 Å². The summed E-state index contributed by atoms with van der Waals surface area (Å²) in [6.07, 6.45) is 3.95. The van der Waals surface area contributed by atoms with Gasteiger partial charge >= 0.3 is 0 Å². The maximum absolute atomic E-state index is 13.3. The number of hydrogen-bond donors (Lipinski definition) is 2. The maximum atomic E-state index is 13.3. The van der Waals surface area contributed by atoms with Crippen molar-refractivity contribution in [1.29, 1.82) is 0 Å². The SMILES string of the molecule is O=C(NCc1cccnc1)c1ccc(Cl)nc1NCCc1cccc(F)c1. The molecule has 1 amide bonds. The van der Waals surface area contributed by atoms with E-state index < -0.39 is 0 Å². The summed E-state index contributed by atoms with van der Waals surface area (Å²) in [5.41, 5.74) is 2.14. The minimum Gasteiger partial charge on any atom is -0.369 e.